The minimum absolute atomic E-state index is 0. The molecule has 0 aliphatic heterocycles. The van der Waals surface area contributed by atoms with Gasteiger partial charge >= 0.3 is 0 Å². The van der Waals surface area contributed by atoms with Crippen molar-refractivity contribution in [3.05, 3.63) is 76.4 Å². The number of nitrogens with two attached hydrogens (primary N) is 1. The van der Waals surface area contributed by atoms with Crippen LogP contribution >= 0.6 is 35.3 Å². The number of nitrogens with zero attached hydrogens (tertiary/aromatic N) is 2. The van der Waals surface area contributed by atoms with Crippen molar-refractivity contribution in [2.24, 2.45) is 10.7 Å². The van der Waals surface area contributed by atoms with Crippen LogP contribution in [0.15, 0.2) is 65.1 Å². The number of guanidine groups is 1. The highest BCUT2D eigenvalue weighted by molar-refractivity contribution is 14.0. The predicted molar refractivity (Wildman–Crippen MR) is 117 cm³/mol. The highest BCUT2D eigenvalue weighted by atomic mass is 127. The van der Waals surface area contributed by atoms with Gasteiger partial charge in [0.1, 0.15) is 11.6 Å². The summed E-state index contributed by atoms with van der Waals surface area (Å²) in [5.41, 5.74) is 6.81. The first-order valence-corrected chi connectivity index (χ1v) is 9.01. The third-order valence-corrected chi connectivity index (χ3v) is 4.46. The molecule has 3 N–H and O–H groups in total. The first kappa shape index (κ1) is 21.1. The third-order valence-electron chi connectivity index (χ3n) is 3.52. The maximum atomic E-state index is 12.9. The molecule has 0 bridgehead atoms. The highest BCUT2D eigenvalue weighted by Gasteiger charge is 2.02. The minimum Gasteiger partial charge on any atom is -0.439 e. The van der Waals surface area contributed by atoms with Crippen LogP contribution in [-0.4, -0.2) is 17.5 Å². The van der Waals surface area contributed by atoms with Crippen LogP contribution in [0.4, 0.5) is 4.39 Å². The maximum Gasteiger partial charge on any atom is 0.219 e. The monoisotopic (exact) mass is 498 g/mol. The molecular weight excluding hydrogens is 478 g/mol. The Morgan fingerprint density at radius 3 is 2.78 bits per heavy atom. The fourth-order valence-electron chi connectivity index (χ4n) is 2.23. The van der Waals surface area contributed by atoms with Crippen LogP contribution < -0.4 is 15.8 Å². The molecule has 0 aliphatic carbocycles. The predicted octanol–water partition coefficient (Wildman–Crippen LogP) is 4.34. The molecule has 5 nitrogen and oxygen atoms in total. The fraction of sp³-hybridized carbons (Fsp3) is 0.158. The van der Waals surface area contributed by atoms with Gasteiger partial charge in [0.05, 0.1) is 6.54 Å². The number of hydrogen-bond acceptors (Lipinski definition) is 4. The van der Waals surface area contributed by atoms with Gasteiger partial charge in [-0.05, 0) is 53.8 Å². The highest BCUT2D eigenvalue weighted by Crippen LogP contribution is 2.20. The topological polar surface area (TPSA) is 72.5 Å². The molecule has 0 saturated carbocycles. The standard InChI is InChI=1S/C19H19FN4OS.HI/c20-15-3-5-16(6-4-15)25-18-12-14(7-9-22-18)13-24-19(21)23-10-8-17-2-1-11-26-17;/h1-7,9,11-12H,8,10,13H2,(H3,21,23,24);1H. The summed E-state index contributed by atoms with van der Waals surface area (Å²) in [6, 6.07) is 13.5. The lowest BCUT2D eigenvalue weighted by molar-refractivity contribution is 0.460. The second-order valence-electron chi connectivity index (χ2n) is 5.52. The lowest BCUT2D eigenvalue weighted by Gasteiger charge is -2.07. The number of halogens is 2. The van der Waals surface area contributed by atoms with Crippen molar-refractivity contribution in [2.45, 2.75) is 13.0 Å². The van der Waals surface area contributed by atoms with Gasteiger partial charge in [0.25, 0.3) is 0 Å². The Balaban J connectivity index is 0.00000261. The Bertz CT molecular complexity index is 856. The van der Waals surface area contributed by atoms with Crippen molar-refractivity contribution in [3.63, 3.8) is 0 Å². The molecule has 1 aromatic carbocycles. The number of thiophene rings is 1. The van der Waals surface area contributed by atoms with E-state index >= 15 is 0 Å². The van der Waals surface area contributed by atoms with Crippen LogP contribution in [0.1, 0.15) is 10.4 Å². The molecule has 0 atom stereocenters. The molecule has 0 unspecified atom stereocenters. The van der Waals surface area contributed by atoms with Crippen LogP contribution in [0.3, 0.4) is 0 Å². The van der Waals surface area contributed by atoms with Crippen LogP contribution in [-0.2, 0) is 13.0 Å². The number of hydrogen-bond donors (Lipinski definition) is 2. The van der Waals surface area contributed by atoms with Gasteiger partial charge in [-0.25, -0.2) is 14.4 Å². The van der Waals surface area contributed by atoms with Crippen molar-refractivity contribution < 1.29 is 9.13 Å². The molecule has 8 heteroatoms. The van der Waals surface area contributed by atoms with Crippen LogP contribution in [0.2, 0.25) is 0 Å². The Morgan fingerprint density at radius 1 is 1.22 bits per heavy atom. The molecule has 0 amide bonds. The van der Waals surface area contributed by atoms with Crippen molar-refractivity contribution in [2.75, 3.05) is 6.54 Å². The lowest BCUT2D eigenvalue weighted by atomic mass is 10.2. The van der Waals surface area contributed by atoms with E-state index in [0.717, 1.165) is 18.5 Å². The molecule has 27 heavy (non-hydrogen) atoms. The van der Waals surface area contributed by atoms with Gasteiger partial charge in [0, 0.05) is 23.7 Å². The van der Waals surface area contributed by atoms with Gasteiger partial charge in [-0.1, -0.05) is 6.07 Å². The average molecular weight is 498 g/mol. The summed E-state index contributed by atoms with van der Waals surface area (Å²) in [5.74, 6) is 1.04. The summed E-state index contributed by atoms with van der Waals surface area (Å²) in [7, 11) is 0. The van der Waals surface area contributed by atoms with Gasteiger partial charge < -0.3 is 15.8 Å². The summed E-state index contributed by atoms with van der Waals surface area (Å²) in [4.78, 5) is 9.79. The second-order valence-corrected chi connectivity index (χ2v) is 6.55. The Morgan fingerprint density at radius 2 is 2.04 bits per heavy atom. The Hall–Kier alpha value is -2.20. The van der Waals surface area contributed by atoms with Gasteiger partial charge in [-0.15, -0.1) is 35.3 Å². The third kappa shape index (κ3) is 7.14. The largest absolute Gasteiger partial charge is 0.439 e. The number of benzene rings is 1. The van der Waals surface area contributed by atoms with E-state index in [1.165, 1.54) is 17.0 Å². The molecule has 142 valence electrons. The summed E-state index contributed by atoms with van der Waals surface area (Å²) >= 11 is 1.73. The lowest BCUT2D eigenvalue weighted by Crippen LogP contribution is -2.33. The Labute approximate surface area is 178 Å². The number of rotatable bonds is 7. The smallest absolute Gasteiger partial charge is 0.219 e. The zero-order chi connectivity index (χ0) is 18.2. The molecule has 0 fully saturated rings. The molecule has 0 aliphatic rings. The minimum atomic E-state index is -0.310. The van der Waals surface area contributed by atoms with Crippen molar-refractivity contribution >= 4 is 41.3 Å². The van der Waals surface area contributed by atoms with Gasteiger partial charge in [0.2, 0.25) is 5.88 Å². The average Bonchev–Trinajstić information content (AvgIpc) is 3.16. The first-order chi connectivity index (χ1) is 12.7. The normalized spacial score (nSPS) is 10.9. The second kappa shape index (κ2) is 10.8. The summed E-state index contributed by atoms with van der Waals surface area (Å²) in [6.07, 6.45) is 2.56. The van der Waals surface area contributed by atoms with E-state index in [1.807, 2.05) is 12.1 Å². The van der Waals surface area contributed by atoms with Gasteiger partial charge in [0.15, 0.2) is 5.96 Å². The molecule has 0 saturated heterocycles. The summed E-state index contributed by atoms with van der Waals surface area (Å²) < 4.78 is 18.5. The van der Waals surface area contributed by atoms with E-state index in [1.54, 1.807) is 35.7 Å². The van der Waals surface area contributed by atoms with Crippen LogP contribution in [0.5, 0.6) is 11.6 Å². The van der Waals surface area contributed by atoms with Crippen molar-refractivity contribution in [3.8, 4) is 11.6 Å². The van der Waals surface area contributed by atoms with E-state index in [9.17, 15) is 4.39 Å². The van der Waals surface area contributed by atoms with Crippen LogP contribution in [0.25, 0.3) is 0 Å². The van der Waals surface area contributed by atoms with Crippen molar-refractivity contribution in [1.29, 1.82) is 0 Å². The van der Waals surface area contributed by atoms with E-state index < -0.39 is 0 Å². The zero-order valence-corrected chi connectivity index (χ0v) is 17.6. The molecule has 3 rings (SSSR count). The molecular formula is C19H20FIN4OS. The number of nitrogens with one attached hydrogen (secondary N) is 1. The first-order valence-electron chi connectivity index (χ1n) is 8.13. The fourth-order valence-corrected chi connectivity index (χ4v) is 2.94. The Kier molecular flexibility index (Phi) is 8.46. The number of aromatic nitrogens is 1. The molecule has 0 radical (unpaired) electrons. The SMILES string of the molecule is I.NC(=NCc1ccnc(Oc2ccc(F)cc2)c1)NCCc1cccs1. The summed E-state index contributed by atoms with van der Waals surface area (Å²) in [6.45, 7) is 1.16. The molecule has 2 heterocycles. The van der Waals surface area contributed by atoms with Gasteiger partial charge in [-0.3, -0.25) is 0 Å². The number of ether oxygens (including phenoxy) is 1. The summed E-state index contributed by atoms with van der Waals surface area (Å²) in [5, 5.41) is 5.16. The maximum absolute atomic E-state index is 12.9. The van der Waals surface area contributed by atoms with Gasteiger partial charge in [-0.2, -0.15) is 0 Å². The van der Waals surface area contributed by atoms with E-state index in [4.69, 9.17) is 10.5 Å². The zero-order valence-electron chi connectivity index (χ0n) is 14.5. The quantitative estimate of drug-likeness (QED) is 0.289. The van der Waals surface area contributed by atoms with E-state index in [2.05, 4.69) is 26.7 Å². The number of pyridine rings is 1. The van der Waals surface area contributed by atoms with E-state index in [-0.39, 0.29) is 29.8 Å². The molecule has 0 spiro atoms. The number of aliphatic imine (C=N–C) groups is 1. The van der Waals surface area contributed by atoms with Crippen molar-refractivity contribution in [1.82, 2.24) is 10.3 Å². The molecule has 3 aromatic rings. The van der Waals surface area contributed by atoms with Crippen LogP contribution in [0, 0.1) is 5.82 Å². The van der Waals surface area contributed by atoms with E-state index in [0.29, 0.717) is 24.1 Å². The molecule has 2 aromatic heterocycles.